The third-order valence-corrected chi connectivity index (χ3v) is 6.26. The molecule has 2 aromatic heterocycles. The maximum atomic E-state index is 13.4. The first-order chi connectivity index (χ1) is 13.6. The zero-order valence-electron chi connectivity index (χ0n) is 16.7. The van der Waals surface area contributed by atoms with Crippen LogP contribution in [0.3, 0.4) is 0 Å². The Morgan fingerprint density at radius 2 is 2.18 bits per heavy atom. The standard InChI is InChI=1S/C21H29N5O2/c1-16-5-3-6-18(23-16)14-26-10-4-8-21(9-11-25(2)15-19(21)26)20(27)22-13-17-7-12-28-24-17/h3,5-7,12,19H,4,8-11,13-15H2,1-2H3,(H,22,27)/t19-,21+/m0/s1. The van der Waals surface area contributed by atoms with Crippen LogP contribution in [-0.2, 0) is 17.9 Å². The summed E-state index contributed by atoms with van der Waals surface area (Å²) in [6, 6.07) is 8.16. The summed E-state index contributed by atoms with van der Waals surface area (Å²) in [5.74, 6) is 0.149. The van der Waals surface area contributed by atoms with E-state index in [9.17, 15) is 4.79 Å². The quantitative estimate of drug-likeness (QED) is 0.851. The molecule has 2 aliphatic rings. The van der Waals surface area contributed by atoms with E-state index in [-0.39, 0.29) is 17.4 Å². The Morgan fingerprint density at radius 1 is 1.29 bits per heavy atom. The van der Waals surface area contributed by atoms with Crippen molar-refractivity contribution in [3.8, 4) is 0 Å². The summed E-state index contributed by atoms with van der Waals surface area (Å²) in [5, 5.41) is 7.04. The molecule has 0 radical (unpaired) electrons. The predicted octanol–water partition coefficient (Wildman–Crippen LogP) is 1.98. The van der Waals surface area contributed by atoms with Gasteiger partial charge in [-0.15, -0.1) is 0 Å². The van der Waals surface area contributed by atoms with Crippen molar-refractivity contribution in [1.29, 1.82) is 0 Å². The Balaban J connectivity index is 1.54. The topological polar surface area (TPSA) is 74.5 Å². The fraction of sp³-hybridized carbons (Fsp3) is 0.571. The molecule has 1 N–H and O–H groups in total. The van der Waals surface area contributed by atoms with Gasteiger partial charge in [0.05, 0.1) is 17.7 Å². The van der Waals surface area contributed by atoms with E-state index >= 15 is 0 Å². The summed E-state index contributed by atoms with van der Waals surface area (Å²) in [6.45, 7) is 6.09. The minimum atomic E-state index is -0.349. The number of likely N-dealkylation sites (tertiary alicyclic amines) is 2. The van der Waals surface area contributed by atoms with Gasteiger partial charge in [0, 0.05) is 30.9 Å². The second-order valence-electron chi connectivity index (χ2n) is 8.20. The fourth-order valence-electron chi connectivity index (χ4n) is 4.77. The van der Waals surface area contributed by atoms with Crippen LogP contribution < -0.4 is 5.32 Å². The van der Waals surface area contributed by atoms with Crippen LogP contribution in [0.15, 0.2) is 35.1 Å². The van der Waals surface area contributed by atoms with Crippen molar-refractivity contribution in [1.82, 2.24) is 25.3 Å². The zero-order chi connectivity index (χ0) is 19.6. The number of nitrogens with one attached hydrogen (secondary N) is 1. The number of likely N-dealkylation sites (N-methyl/N-ethyl adjacent to an activating group) is 1. The second-order valence-corrected chi connectivity index (χ2v) is 8.20. The van der Waals surface area contributed by atoms with Gasteiger partial charge < -0.3 is 14.7 Å². The Morgan fingerprint density at radius 3 is 2.96 bits per heavy atom. The van der Waals surface area contributed by atoms with Crippen LogP contribution in [0.2, 0.25) is 0 Å². The molecular formula is C21H29N5O2. The highest BCUT2D eigenvalue weighted by molar-refractivity contribution is 5.83. The summed E-state index contributed by atoms with van der Waals surface area (Å²) in [6.07, 6.45) is 4.39. The average Bonchev–Trinajstić information content (AvgIpc) is 3.20. The van der Waals surface area contributed by atoms with Crippen LogP contribution in [0, 0.1) is 12.3 Å². The summed E-state index contributed by atoms with van der Waals surface area (Å²) in [5.41, 5.74) is 2.52. The molecule has 2 aliphatic heterocycles. The molecular weight excluding hydrogens is 354 g/mol. The molecule has 0 spiro atoms. The lowest BCUT2D eigenvalue weighted by molar-refractivity contribution is -0.145. The van der Waals surface area contributed by atoms with E-state index in [4.69, 9.17) is 4.52 Å². The molecule has 2 aromatic rings. The third-order valence-electron chi connectivity index (χ3n) is 6.26. The van der Waals surface area contributed by atoms with Crippen molar-refractivity contribution in [3.63, 3.8) is 0 Å². The molecule has 2 atom stereocenters. The number of hydrogen-bond donors (Lipinski definition) is 1. The smallest absolute Gasteiger partial charge is 0.228 e. The number of carbonyl (C=O) groups excluding carboxylic acids is 1. The van der Waals surface area contributed by atoms with Crippen LogP contribution >= 0.6 is 0 Å². The summed E-state index contributed by atoms with van der Waals surface area (Å²) in [7, 11) is 2.15. The molecule has 4 heterocycles. The second kappa shape index (κ2) is 8.01. The number of nitrogens with zero attached hydrogens (tertiary/aromatic N) is 4. The lowest BCUT2D eigenvalue weighted by Crippen LogP contribution is -2.65. The number of carbonyl (C=O) groups is 1. The molecule has 0 bridgehead atoms. The lowest BCUT2D eigenvalue weighted by Gasteiger charge is -2.53. The SMILES string of the molecule is Cc1cccc(CN2CCC[C@@]3(C(=O)NCc4ccon4)CCN(C)C[C@H]23)n1. The number of rotatable bonds is 5. The molecule has 2 fully saturated rings. The molecule has 2 saturated heterocycles. The van der Waals surface area contributed by atoms with Gasteiger partial charge in [-0.25, -0.2) is 0 Å². The minimum absolute atomic E-state index is 0.149. The zero-order valence-corrected chi connectivity index (χ0v) is 16.7. The highest BCUT2D eigenvalue weighted by atomic mass is 16.5. The van der Waals surface area contributed by atoms with Crippen molar-refractivity contribution in [2.45, 2.75) is 45.3 Å². The van der Waals surface area contributed by atoms with E-state index in [0.29, 0.717) is 6.54 Å². The van der Waals surface area contributed by atoms with Crippen LogP contribution in [0.1, 0.15) is 36.3 Å². The number of aromatic nitrogens is 2. The Labute approximate surface area is 166 Å². The first kappa shape index (κ1) is 19.1. The van der Waals surface area contributed by atoms with E-state index in [0.717, 1.165) is 62.5 Å². The number of amides is 1. The summed E-state index contributed by atoms with van der Waals surface area (Å²) in [4.78, 5) is 22.9. The Hall–Kier alpha value is -2.25. The minimum Gasteiger partial charge on any atom is -0.364 e. The highest BCUT2D eigenvalue weighted by Gasteiger charge is 2.52. The van der Waals surface area contributed by atoms with Gasteiger partial charge in [-0.1, -0.05) is 11.2 Å². The molecule has 0 unspecified atom stereocenters. The first-order valence-corrected chi connectivity index (χ1v) is 10.1. The van der Waals surface area contributed by atoms with Gasteiger partial charge in [0.15, 0.2) is 0 Å². The van der Waals surface area contributed by atoms with Gasteiger partial charge in [0.25, 0.3) is 0 Å². The highest BCUT2D eigenvalue weighted by Crippen LogP contribution is 2.43. The monoisotopic (exact) mass is 383 g/mol. The van der Waals surface area contributed by atoms with Crippen molar-refractivity contribution in [3.05, 3.63) is 47.6 Å². The van der Waals surface area contributed by atoms with Gasteiger partial charge in [0.2, 0.25) is 5.91 Å². The summed E-state index contributed by atoms with van der Waals surface area (Å²) >= 11 is 0. The normalized spacial score (nSPS) is 26.0. The van der Waals surface area contributed by atoms with E-state index in [1.54, 1.807) is 6.07 Å². The number of aryl methyl sites for hydroxylation is 1. The third kappa shape index (κ3) is 3.82. The molecule has 28 heavy (non-hydrogen) atoms. The Bertz CT molecular complexity index is 809. The molecule has 7 heteroatoms. The molecule has 0 saturated carbocycles. The van der Waals surface area contributed by atoms with E-state index in [1.165, 1.54) is 6.26 Å². The molecule has 4 rings (SSSR count). The fourth-order valence-corrected chi connectivity index (χ4v) is 4.77. The van der Waals surface area contributed by atoms with Crippen LogP contribution in [0.4, 0.5) is 0 Å². The lowest BCUT2D eigenvalue weighted by atomic mass is 9.67. The molecule has 0 aromatic carbocycles. The van der Waals surface area contributed by atoms with Gasteiger partial charge >= 0.3 is 0 Å². The van der Waals surface area contributed by atoms with E-state index in [1.807, 2.05) is 13.0 Å². The number of hydrogen-bond acceptors (Lipinski definition) is 6. The first-order valence-electron chi connectivity index (χ1n) is 10.1. The maximum absolute atomic E-state index is 13.4. The Kier molecular flexibility index (Phi) is 5.46. The number of fused-ring (bicyclic) bond motifs is 1. The van der Waals surface area contributed by atoms with Gasteiger partial charge in [-0.2, -0.15) is 0 Å². The maximum Gasteiger partial charge on any atom is 0.228 e. The van der Waals surface area contributed by atoms with Crippen molar-refractivity contribution in [2.75, 3.05) is 26.7 Å². The molecule has 150 valence electrons. The van der Waals surface area contributed by atoms with Gasteiger partial charge in [0.1, 0.15) is 12.0 Å². The number of pyridine rings is 1. The van der Waals surface area contributed by atoms with Crippen molar-refractivity contribution >= 4 is 5.91 Å². The molecule has 0 aliphatic carbocycles. The van der Waals surface area contributed by atoms with E-state index < -0.39 is 0 Å². The van der Waals surface area contributed by atoms with E-state index in [2.05, 4.69) is 44.4 Å². The van der Waals surface area contributed by atoms with Crippen molar-refractivity contribution < 1.29 is 9.32 Å². The van der Waals surface area contributed by atoms with Crippen LogP contribution in [-0.4, -0.2) is 58.6 Å². The van der Waals surface area contributed by atoms with Crippen molar-refractivity contribution in [2.24, 2.45) is 5.41 Å². The largest absolute Gasteiger partial charge is 0.364 e. The van der Waals surface area contributed by atoms with Gasteiger partial charge in [-0.05, 0) is 58.5 Å². The summed E-state index contributed by atoms with van der Waals surface area (Å²) < 4.78 is 4.88. The van der Waals surface area contributed by atoms with Crippen LogP contribution in [0.25, 0.3) is 0 Å². The van der Waals surface area contributed by atoms with Gasteiger partial charge in [-0.3, -0.25) is 14.7 Å². The average molecular weight is 383 g/mol. The molecule has 7 nitrogen and oxygen atoms in total. The van der Waals surface area contributed by atoms with Crippen LogP contribution in [0.5, 0.6) is 0 Å². The molecule has 1 amide bonds. The predicted molar refractivity (Wildman–Crippen MR) is 105 cm³/mol. The number of piperidine rings is 2.